The summed E-state index contributed by atoms with van der Waals surface area (Å²) in [6, 6.07) is 7.54. The van der Waals surface area contributed by atoms with E-state index in [0.29, 0.717) is 37.1 Å². The van der Waals surface area contributed by atoms with E-state index < -0.39 is 0 Å². The number of ether oxygens (including phenoxy) is 2. The Kier molecular flexibility index (Phi) is 3.91. The van der Waals surface area contributed by atoms with Crippen molar-refractivity contribution in [3.63, 3.8) is 0 Å². The van der Waals surface area contributed by atoms with Gasteiger partial charge in [0.15, 0.2) is 0 Å². The van der Waals surface area contributed by atoms with Crippen molar-refractivity contribution in [3.05, 3.63) is 35.0 Å². The Hall–Kier alpha value is -1.56. The highest BCUT2D eigenvalue weighted by molar-refractivity contribution is 6.38. The Morgan fingerprint density at radius 2 is 2.25 bits per heavy atom. The SMILES string of the molecule is O=C(NC[C@@H]1COCCO1)c1[nH]c2ccccc2c1Cl. The number of para-hydroxylation sites is 1. The minimum atomic E-state index is -0.236. The Morgan fingerprint density at radius 3 is 3.00 bits per heavy atom. The highest BCUT2D eigenvalue weighted by atomic mass is 35.5. The molecule has 2 heterocycles. The predicted molar refractivity (Wildman–Crippen MR) is 76.2 cm³/mol. The molecule has 3 rings (SSSR count). The lowest BCUT2D eigenvalue weighted by Gasteiger charge is -2.22. The number of hydrogen-bond acceptors (Lipinski definition) is 3. The summed E-state index contributed by atoms with van der Waals surface area (Å²) < 4.78 is 10.8. The van der Waals surface area contributed by atoms with Gasteiger partial charge in [-0.15, -0.1) is 0 Å². The number of carbonyl (C=O) groups excluding carboxylic acids is 1. The minimum absolute atomic E-state index is 0.101. The van der Waals surface area contributed by atoms with Crippen LogP contribution < -0.4 is 5.32 Å². The third-order valence-electron chi connectivity index (χ3n) is 3.25. The monoisotopic (exact) mass is 294 g/mol. The summed E-state index contributed by atoms with van der Waals surface area (Å²) >= 11 is 6.23. The summed E-state index contributed by atoms with van der Waals surface area (Å²) in [7, 11) is 0. The number of aromatic nitrogens is 1. The van der Waals surface area contributed by atoms with Gasteiger partial charge in [0.1, 0.15) is 5.69 Å². The van der Waals surface area contributed by atoms with Gasteiger partial charge in [0.2, 0.25) is 0 Å². The van der Waals surface area contributed by atoms with Gasteiger partial charge in [-0.05, 0) is 6.07 Å². The second-order valence-electron chi connectivity index (χ2n) is 4.64. The molecule has 2 N–H and O–H groups in total. The zero-order chi connectivity index (χ0) is 13.9. The highest BCUT2D eigenvalue weighted by Gasteiger charge is 2.19. The van der Waals surface area contributed by atoms with Crippen molar-refractivity contribution >= 4 is 28.4 Å². The number of nitrogens with one attached hydrogen (secondary N) is 2. The van der Waals surface area contributed by atoms with E-state index in [9.17, 15) is 4.79 Å². The lowest BCUT2D eigenvalue weighted by Crippen LogP contribution is -2.39. The molecule has 1 aromatic carbocycles. The third kappa shape index (κ3) is 2.65. The summed E-state index contributed by atoms with van der Waals surface area (Å²) in [6.45, 7) is 2.08. The lowest BCUT2D eigenvalue weighted by molar-refractivity contribution is -0.0855. The molecule has 0 unspecified atom stereocenters. The van der Waals surface area contributed by atoms with E-state index in [2.05, 4.69) is 10.3 Å². The maximum Gasteiger partial charge on any atom is 0.269 e. The number of amides is 1. The van der Waals surface area contributed by atoms with Crippen molar-refractivity contribution in [1.29, 1.82) is 0 Å². The molecule has 0 radical (unpaired) electrons. The first-order chi connectivity index (χ1) is 9.75. The average molecular weight is 295 g/mol. The smallest absolute Gasteiger partial charge is 0.269 e. The zero-order valence-corrected chi connectivity index (χ0v) is 11.6. The first-order valence-electron chi connectivity index (χ1n) is 6.49. The van der Waals surface area contributed by atoms with Crippen LogP contribution in [0.2, 0.25) is 5.02 Å². The second-order valence-corrected chi connectivity index (χ2v) is 5.02. The summed E-state index contributed by atoms with van der Waals surface area (Å²) in [5.74, 6) is -0.236. The van der Waals surface area contributed by atoms with Crippen LogP contribution in [0.4, 0.5) is 0 Å². The van der Waals surface area contributed by atoms with Crippen molar-refractivity contribution in [2.45, 2.75) is 6.10 Å². The molecule has 20 heavy (non-hydrogen) atoms. The largest absolute Gasteiger partial charge is 0.376 e. The van der Waals surface area contributed by atoms with Gasteiger partial charge in [-0.1, -0.05) is 29.8 Å². The lowest BCUT2D eigenvalue weighted by atomic mass is 10.2. The van der Waals surface area contributed by atoms with E-state index in [1.165, 1.54) is 0 Å². The summed E-state index contributed by atoms with van der Waals surface area (Å²) in [6.07, 6.45) is -0.101. The van der Waals surface area contributed by atoms with Gasteiger partial charge < -0.3 is 19.8 Å². The molecule has 106 valence electrons. The van der Waals surface area contributed by atoms with Crippen molar-refractivity contribution in [2.75, 3.05) is 26.4 Å². The van der Waals surface area contributed by atoms with Crippen molar-refractivity contribution < 1.29 is 14.3 Å². The van der Waals surface area contributed by atoms with Gasteiger partial charge in [0, 0.05) is 17.4 Å². The zero-order valence-electron chi connectivity index (χ0n) is 10.8. The second kappa shape index (κ2) is 5.83. The molecule has 0 spiro atoms. The Morgan fingerprint density at radius 1 is 1.40 bits per heavy atom. The van der Waals surface area contributed by atoms with E-state index in [0.717, 1.165) is 10.9 Å². The average Bonchev–Trinajstić information content (AvgIpc) is 2.84. The molecule has 0 saturated carbocycles. The van der Waals surface area contributed by atoms with Gasteiger partial charge in [0.25, 0.3) is 5.91 Å². The number of halogens is 1. The van der Waals surface area contributed by atoms with Crippen LogP contribution in [0.3, 0.4) is 0 Å². The van der Waals surface area contributed by atoms with Crippen LogP contribution >= 0.6 is 11.6 Å². The minimum Gasteiger partial charge on any atom is -0.376 e. The fourth-order valence-corrected chi connectivity index (χ4v) is 2.51. The number of H-pyrrole nitrogens is 1. The number of aromatic amines is 1. The van der Waals surface area contributed by atoms with Gasteiger partial charge in [0.05, 0.1) is 30.9 Å². The summed E-state index contributed by atoms with van der Waals surface area (Å²) in [5, 5.41) is 4.10. The molecule has 1 saturated heterocycles. The van der Waals surface area contributed by atoms with Crippen LogP contribution in [-0.2, 0) is 9.47 Å². The van der Waals surface area contributed by atoms with Crippen LogP contribution in [0, 0.1) is 0 Å². The van der Waals surface area contributed by atoms with Crippen molar-refractivity contribution in [1.82, 2.24) is 10.3 Å². The molecule has 1 amide bonds. The van der Waals surface area contributed by atoms with Gasteiger partial charge in [-0.2, -0.15) is 0 Å². The molecule has 6 heteroatoms. The molecule has 2 aromatic rings. The molecule has 1 aliphatic rings. The number of hydrogen-bond donors (Lipinski definition) is 2. The van der Waals surface area contributed by atoms with E-state index >= 15 is 0 Å². The van der Waals surface area contributed by atoms with E-state index in [1.807, 2.05) is 24.3 Å². The van der Waals surface area contributed by atoms with E-state index in [1.54, 1.807) is 0 Å². The molecular formula is C14H15ClN2O3. The molecule has 1 fully saturated rings. The van der Waals surface area contributed by atoms with E-state index in [4.69, 9.17) is 21.1 Å². The van der Waals surface area contributed by atoms with Crippen LogP contribution in [0.1, 0.15) is 10.5 Å². The summed E-state index contributed by atoms with van der Waals surface area (Å²) in [4.78, 5) is 15.2. The number of rotatable bonds is 3. The molecule has 1 aliphatic heterocycles. The van der Waals surface area contributed by atoms with Crippen LogP contribution in [0.25, 0.3) is 10.9 Å². The maximum absolute atomic E-state index is 12.2. The molecular weight excluding hydrogens is 280 g/mol. The quantitative estimate of drug-likeness (QED) is 0.910. The predicted octanol–water partition coefficient (Wildman–Crippen LogP) is 1.97. The Balaban J connectivity index is 1.70. The molecule has 1 aromatic heterocycles. The standard InChI is InChI=1S/C14H15ClN2O3/c15-12-10-3-1-2-4-11(10)17-13(12)14(18)16-7-9-8-19-5-6-20-9/h1-4,9,17H,5-8H2,(H,16,18)/t9-/m1/s1. The van der Waals surface area contributed by atoms with Crippen LogP contribution in [0.5, 0.6) is 0 Å². The van der Waals surface area contributed by atoms with Gasteiger partial charge in [-0.25, -0.2) is 0 Å². The maximum atomic E-state index is 12.2. The van der Waals surface area contributed by atoms with Crippen LogP contribution in [-0.4, -0.2) is 43.4 Å². The van der Waals surface area contributed by atoms with E-state index in [-0.39, 0.29) is 12.0 Å². The fourth-order valence-electron chi connectivity index (χ4n) is 2.21. The summed E-state index contributed by atoms with van der Waals surface area (Å²) in [5.41, 5.74) is 1.23. The number of fused-ring (bicyclic) bond motifs is 1. The Bertz CT molecular complexity index is 620. The number of benzene rings is 1. The molecule has 5 nitrogen and oxygen atoms in total. The Labute approximate surface area is 121 Å². The third-order valence-corrected chi connectivity index (χ3v) is 3.64. The van der Waals surface area contributed by atoms with Crippen LogP contribution in [0.15, 0.2) is 24.3 Å². The molecule has 0 aliphatic carbocycles. The van der Waals surface area contributed by atoms with Crippen molar-refractivity contribution in [3.8, 4) is 0 Å². The first-order valence-corrected chi connectivity index (χ1v) is 6.87. The van der Waals surface area contributed by atoms with Gasteiger partial charge in [-0.3, -0.25) is 4.79 Å². The van der Waals surface area contributed by atoms with Crippen molar-refractivity contribution in [2.24, 2.45) is 0 Å². The molecule has 0 bridgehead atoms. The topological polar surface area (TPSA) is 63.4 Å². The number of carbonyl (C=O) groups is 1. The van der Waals surface area contributed by atoms with Gasteiger partial charge >= 0.3 is 0 Å². The fraction of sp³-hybridized carbons (Fsp3) is 0.357. The molecule has 1 atom stereocenters. The highest BCUT2D eigenvalue weighted by Crippen LogP contribution is 2.26. The first kappa shape index (κ1) is 13.4. The normalized spacial score (nSPS) is 19.1.